The quantitative estimate of drug-likeness (QED) is 0.705. The minimum absolute atomic E-state index is 0.0521. The smallest absolute Gasteiger partial charge is 0.259 e. The fourth-order valence-electron chi connectivity index (χ4n) is 3.19. The standard InChI is InChI=1S/C21H19N3O3S/c1-27-15-10-8-14(9-11-15)17-13-28-21(22-17)23-20(26)16-5-2-3-6-18(16)24-12-4-7-19(24)25/h2-3,5-6,8-11,13H,4,7,12H2,1H3,(H,22,23,26). The number of para-hydroxylation sites is 1. The van der Waals surface area contributed by atoms with E-state index in [4.69, 9.17) is 4.74 Å². The van der Waals surface area contributed by atoms with Crippen LogP contribution in [-0.4, -0.2) is 30.5 Å². The maximum absolute atomic E-state index is 12.8. The van der Waals surface area contributed by atoms with Crippen LogP contribution in [-0.2, 0) is 4.79 Å². The summed E-state index contributed by atoms with van der Waals surface area (Å²) in [5.74, 6) is 0.558. The predicted molar refractivity (Wildman–Crippen MR) is 110 cm³/mol. The van der Waals surface area contributed by atoms with Crippen LogP contribution < -0.4 is 15.0 Å². The van der Waals surface area contributed by atoms with Crippen molar-refractivity contribution in [3.05, 3.63) is 59.5 Å². The molecule has 6 nitrogen and oxygen atoms in total. The van der Waals surface area contributed by atoms with Crippen molar-refractivity contribution < 1.29 is 14.3 Å². The summed E-state index contributed by atoms with van der Waals surface area (Å²) in [5, 5.41) is 5.26. The molecule has 3 aromatic rings. The SMILES string of the molecule is COc1ccc(-c2csc(NC(=O)c3ccccc3N3CCCC3=O)n2)cc1. The number of amides is 2. The van der Waals surface area contributed by atoms with E-state index in [1.165, 1.54) is 11.3 Å². The van der Waals surface area contributed by atoms with E-state index in [1.54, 1.807) is 24.1 Å². The highest BCUT2D eigenvalue weighted by molar-refractivity contribution is 7.14. The van der Waals surface area contributed by atoms with Crippen LogP contribution in [0.15, 0.2) is 53.9 Å². The lowest BCUT2D eigenvalue weighted by Crippen LogP contribution is -2.27. The van der Waals surface area contributed by atoms with E-state index < -0.39 is 0 Å². The molecule has 1 fully saturated rings. The molecule has 2 amide bonds. The molecule has 1 aliphatic rings. The summed E-state index contributed by atoms with van der Waals surface area (Å²) >= 11 is 1.36. The number of thiazole rings is 1. The van der Waals surface area contributed by atoms with Gasteiger partial charge in [-0.3, -0.25) is 14.9 Å². The number of aromatic nitrogens is 1. The summed E-state index contributed by atoms with van der Waals surface area (Å²) < 4.78 is 5.17. The van der Waals surface area contributed by atoms with Crippen molar-refractivity contribution in [2.45, 2.75) is 12.8 Å². The Morgan fingerprint density at radius 1 is 1.18 bits per heavy atom. The molecule has 0 atom stereocenters. The molecule has 0 bridgehead atoms. The van der Waals surface area contributed by atoms with Crippen LogP contribution in [0.25, 0.3) is 11.3 Å². The molecule has 0 aliphatic carbocycles. The lowest BCUT2D eigenvalue weighted by Gasteiger charge is -2.18. The second kappa shape index (κ2) is 7.82. The summed E-state index contributed by atoms with van der Waals surface area (Å²) in [6.45, 7) is 0.641. The van der Waals surface area contributed by atoms with E-state index in [-0.39, 0.29) is 11.8 Å². The van der Waals surface area contributed by atoms with Crippen molar-refractivity contribution in [3.63, 3.8) is 0 Å². The molecule has 4 rings (SSSR count). The highest BCUT2D eigenvalue weighted by Crippen LogP contribution is 2.29. The topological polar surface area (TPSA) is 71.5 Å². The fourth-order valence-corrected chi connectivity index (χ4v) is 3.91. The minimum atomic E-state index is -0.272. The molecule has 0 saturated carbocycles. The Balaban J connectivity index is 1.53. The van der Waals surface area contributed by atoms with Gasteiger partial charge in [-0.15, -0.1) is 11.3 Å². The van der Waals surface area contributed by atoms with Gasteiger partial charge in [0.2, 0.25) is 5.91 Å². The highest BCUT2D eigenvalue weighted by atomic mass is 32.1. The van der Waals surface area contributed by atoms with Crippen molar-refractivity contribution in [3.8, 4) is 17.0 Å². The van der Waals surface area contributed by atoms with Gasteiger partial charge in [-0.2, -0.15) is 0 Å². The van der Waals surface area contributed by atoms with Crippen LogP contribution in [0.3, 0.4) is 0 Å². The molecule has 0 radical (unpaired) electrons. The minimum Gasteiger partial charge on any atom is -0.497 e. The Labute approximate surface area is 166 Å². The summed E-state index contributed by atoms with van der Waals surface area (Å²) in [6.07, 6.45) is 1.33. The highest BCUT2D eigenvalue weighted by Gasteiger charge is 2.25. The Morgan fingerprint density at radius 3 is 2.68 bits per heavy atom. The van der Waals surface area contributed by atoms with Crippen molar-refractivity contribution in [1.82, 2.24) is 4.98 Å². The van der Waals surface area contributed by atoms with Gasteiger partial charge in [-0.25, -0.2) is 4.98 Å². The number of methoxy groups -OCH3 is 1. The van der Waals surface area contributed by atoms with E-state index in [1.807, 2.05) is 41.8 Å². The average molecular weight is 393 g/mol. The number of benzene rings is 2. The monoisotopic (exact) mass is 393 g/mol. The van der Waals surface area contributed by atoms with Crippen molar-refractivity contribution in [2.24, 2.45) is 0 Å². The number of nitrogens with one attached hydrogen (secondary N) is 1. The first-order valence-electron chi connectivity index (χ1n) is 8.96. The second-order valence-electron chi connectivity index (χ2n) is 6.39. The van der Waals surface area contributed by atoms with E-state index >= 15 is 0 Å². The maximum Gasteiger partial charge on any atom is 0.259 e. The molecular formula is C21H19N3O3S. The van der Waals surface area contributed by atoms with Crippen molar-refractivity contribution >= 4 is 34.0 Å². The molecule has 2 aromatic carbocycles. The zero-order chi connectivity index (χ0) is 19.5. The van der Waals surface area contributed by atoms with Gasteiger partial charge in [0.1, 0.15) is 5.75 Å². The zero-order valence-corrected chi connectivity index (χ0v) is 16.2. The van der Waals surface area contributed by atoms with E-state index in [0.717, 1.165) is 23.4 Å². The number of ether oxygens (including phenoxy) is 1. The molecule has 2 heterocycles. The van der Waals surface area contributed by atoms with Crippen LogP contribution in [0.1, 0.15) is 23.2 Å². The van der Waals surface area contributed by atoms with Crippen LogP contribution in [0, 0.1) is 0 Å². The Morgan fingerprint density at radius 2 is 1.96 bits per heavy atom. The zero-order valence-electron chi connectivity index (χ0n) is 15.3. The largest absolute Gasteiger partial charge is 0.497 e. The molecule has 1 aliphatic heterocycles. The third-order valence-electron chi connectivity index (χ3n) is 4.62. The van der Waals surface area contributed by atoms with Gasteiger partial charge in [0.05, 0.1) is 24.1 Å². The second-order valence-corrected chi connectivity index (χ2v) is 7.24. The first-order chi connectivity index (χ1) is 13.7. The summed E-state index contributed by atoms with van der Waals surface area (Å²) in [7, 11) is 1.62. The van der Waals surface area contributed by atoms with Crippen molar-refractivity contribution in [2.75, 3.05) is 23.9 Å². The molecule has 0 spiro atoms. The van der Waals surface area contributed by atoms with Gasteiger partial charge in [-0.1, -0.05) is 12.1 Å². The fraction of sp³-hybridized carbons (Fsp3) is 0.190. The number of carbonyl (C=O) groups excluding carboxylic acids is 2. The first kappa shape index (κ1) is 18.2. The Bertz CT molecular complexity index is 1010. The van der Waals surface area contributed by atoms with Crippen LogP contribution in [0.4, 0.5) is 10.8 Å². The van der Waals surface area contributed by atoms with Crippen LogP contribution in [0.2, 0.25) is 0 Å². The van der Waals surface area contributed by atoms with Crippen LogP contribution >= 0.6 is 11.3 Å². The molecule has 28 heavy (non-hydrogen) atoms. The average Bonchev–Trinajstić information content (AvgIpc) is 3.37. The third-order valence-corrected chi connectivity index (χ3v) is 5.38. The third kappa shape index (κ3) is 3.61. The number of carbonyl (C=O) groups is 2. The van der Waals surface area contributed by atoms with Crippen LogP contribution in [0.5, 0.6) is 5.75 Å². The van der Waals surface area contributed by atoms with Crippen molar-refractivity contribution in [1.29, 1.82) is 0 Å². The number of anilines is 2. The number of nitrogens with zero attached hydrogens (tertiary/aromatic N) is 2. The van der Waals surface area contributed by atoms with Gasteiger partial charge in [0.25, 0.3) is 5.91 Å². The van der Waals surface area contributed by atoms with Gasteiger partial charge in [0.15, 0.2) is 5.13 Å². The van der Waals surface area contributed by atoms with Gasteiger partial charge in [-0.05, 0) is 42.8 Å². The number of hydrogen-bond donors (Lipinski definition) is 1. The Hall–Kier alpha value is -3.19. The lowest BCUT2D eigenvalue weighted by molar-refractivity contribution is -0.117. The lowest BCUT2D eigenvalue weighted by atomic mass is 10.1. The van der Waals surface area contributed by atoms with E-state index in [2.05, 4.69) is 10.3 Å². The first-order valence-corrected chi connectivity index (χ1v) is 9.84. The Kier molecular flexibility index (Phi) is 5.08. The molecule has 142 valence electrons. The molecule has 1 saturated heterocycles. The molecule has 1 N–H and O–H groups in total. The molecule has 0 unspecified atom stereocenters. The normalized spacial score (nSPS) is 13.6. The predicted octanol–water partition coefficient (Wildman–Crippen LogP) is 4.20. The maximum atomic E-state index is 12.8. The summed E-state index contributed by atoms with van der Waals surface area (Å²) in [4.78, 5) is 31.1. The van der Waals surface area contributed by atoms with E-state index in [0.29, 0.717) is 29.3 Å². The van der Waals surface area contributed by atoms with Gasteiger partial charge in [0, 0.05) is 23.9 Å². The van der Waals surface area contributed by atoms with E-state index in [9.17, 15) is 9.59 Å². The summed E-state index contributed by atoms with van der Waals surface area (Å²) in [5.41, 5.74) is 2.85. The number of rotatable bonds is 5. The number of hydrogen-bond acceptors (Lipinski definition) is 5. The molecular weight excluding hydrogens is 374 g/mol. The van der Waals surface area contributed by atoms with Gasteiger partial charge < -0.3 is 9.64 Å². The molecule has 1 aromatic heterocycles. The van der Waals surface area contributed by atoms with Gasteiger partial charge >= 0.3 is 0 Å². The summed E-state index contributed by atoms with van der Waals surface area (Å²) in [6, 6.07) is 14.8. The molecule has 7 heteroatoms.